The molecule has 0 unspecified atom stereocenters. The first-order valence-electron chi connectivity index (χ1n) is 10.7. The number of rotatable bonds is 11. The van der Waals surface area contributed by atoms with Crippen LogP contribution in [-0.2, 0) is 23.8 Å². The van der Waals surface area contributed by atoms with E-state index in [0.717, 1.165) is 23.6 Å². The van der Waals surface area contributed by atoms with Gasteiger partial charge in [-0.2, -0.15) is 0 Å². The van der Waals surface area contributed by atoms with Gasteiger partial charge in [0.2, 0.25) is 5.82 Å². The van der Waals surface area contributed by atoms with Crippen molar-refractivity contribution in [1.29, 1.82) is 0 Å². The summed E-state index contributed by atoms with van der Waals surface area (Å²) in [6.07, 6.45) is 2.28. The van der Waals surface area contributed by atoms with Crippen LogP contribution in [0.4, 0.5) is 0 Å². The summed E-state index contributed by atoms with van der Waals surface area (Å²) in [5.74, 6) is -0.695. The molecule has 11 heteroatoms. The van der Waals surface area contributed by atoms with Gasteiger partial charge >= 0.3 is 17.9 Å². The highest BCUT2D eigenvalue weighted by Gasteiger charge is 2.11. The maximum Gasteiger partial charge on any atom is 0.338 e. The van der Waals surface area contributed by atoms with Crippen molar-refractivity contribution in [3.63, 3.8) is 0 Å². The first kappa shape index (κ1) is 25.1. The zero-order valence-corrected chi connectivity index (χ0v) is 19.2. The van der Waals surface area contributed by atoms with Crippen LogP contribution in [0.2, 0.25) is 0 Å². The standard InChI is InChI=1S/C24H24N4O7/c1-3-33-21(29)13-14-22(30)34-15-4-16-35-24(31)18-7-5-17(6-8-18)23-25-27-28(26-23)19-9-11-20(32-2)12-10-19/h5-14H,3-4,15-16H2,1-2H3/b14-13+. The van der Waals surface area contributed by atoms with Crippen LogP contribution in [0.25, 0.3) is 17.1 Å². The Morgan fingerprint density at radius 3 is 2.20 bits per heavy atom. The van der Waals surface area contributed by atoms with Gasteiger partial charge in [-0.3, -0.25) is 0 Å². The second-order valence-corrected chi connectivity index (χ2v) is 6.92. The zero-order valence-electron chi connectivity index (χ0n) is 19.2. The van der Waals surface area contributed by atoms with Gasteiger partial charge in [0.05, 0.1) is 38.2 Å². The smallest absolute Gasteiger partial charge is 0.338 e. The Kier molecular flexibility index (Phi) is 9.06. The van der Waals surface area contributed by atoms with E-state index in [1.54, 1.807) is 50.4 Å². The molecule has 0 atom stereocenters. The number of hydrogen-bond donors (Lipinski definition) is 0. The average Bonchev–Trinajstić information content (AvgIpc) is 3.38. The molecule has 0 radical (unpaired) electrons. The molecule has 35 heavy (non-hydrogen) atoms. The van der Waals surface area contributed by atoms with Crippen molar-refractivity contribution in [2.75, 3.05) is 26.9 Å². The van der Waals surface area contributed by atoms with Crippen LogP contribution in [0, 0.1) is 0 Å². The number of carbonyl (C=O) groups is 3. The fraction of sp³-hybridized carbons (Fsp3) is 0.250. The topological polar surface area (TPSA) is 132 Å². The largest absolute Gasteiger partial charge is 0.497 e. The Bertz CT molecular complexity index is 1170. The van der Waals surface area contributed by atoms with E-state index in [4.69, 9.17) is 14.2 Å². The number of methoxy groups -OCH3 is 1. The fourth-order valence-corrected chi connectivity index (χ4v) is 2.76. The van der Waals surface area contributed by atoms with Gasteiger partial charge in [-0.05, 0) is 48.5 Å². The van der Waals surface area contributed by atoms with E-state index >= 15 is 0 Å². The summed E-state index contributed by atoms with van der Waals surface area (Å²) in [7, 11) is 1.59. The second-order valence-electron chi connectivity index (χ2n) is 6.92. The van der Waals surface area contributed by atoms with Crippen LogP contribution in [0.1, 0.15) is 23.7 Å². The number of aromatic nitrogens is 4. The number of tetrazole rings is 1. The molecule has 0 N–H and O–H groups in total. The lowest BCUT2D eigenvalue weighted by molar-refractivity contribution is -0.140. The van der Waals surface area contributed by atoms with E-state index in [1.165, 1.54) is 4.80 Å². The molecular formula is C24H24N4O7. The predicted molar refractivity (Wildman–Crippen MR) is 123 cm³/mol. The van der Waals surface area contributed by atoms with Gasteiger partial charge in [0.25, 0.3) is 0 Å². The summed E-state index contributed by atoms with van der Waals surface area (Å²) >= 11 is 0. The van der Waals surface area contributed by atoms with Gasteiger partial charge < -0.3 is 18.9 Å². The van der Waals surface area contributed by atoms with Gasteiger partial charge in [-0.25, -0.2) is 14.4 Å². The molecule has 0 fully saturated rings. The molecule has 0 spiro atoms. The van der Waals surface area contributed by atoms with Crippen LogP contribution in [0.3, 0.4) is 0 Å². The number of carbonyl (C=O) groups excluding carboxylic acids is 3. The van der Waals surface area contributed by atoms with Crippen molar-refractivity contribution in [2.24, 2.45) is 0 Å². The van der Waals surface area contributed by atoms with Crippen molar-refractivity contribution in [3.8, 4) is 22.8 Å². The van der Waals surface area contributed by atoms with Gasteiger partial charge in [0.15, 0.2) is 0 Å². The molecule has 3 rings (SSSR count). The minimum Gasteiger partial charge on any atom is -0.497 e. The molecule has 3 aromatic rings. The summed E-state index contributed by atoms with van der Waals surface area (Å²) in [6, 6.07) is 13.8. The Hall–Kier alpha value is -4.54. The normalized spacial score (nSPS) is 10.7. The molecule has 0 aliphatic rings. The summed E-state index contributed by atoms with van der Waals surface area (Å²) in [6.45, 7) is 1.98. The van der Waals surface area contributed by atoms with E-state index in [2.05, 4.69) is 20.1 Å². The van der Waals surface area contributed by atoms with Crippen LogP contribution in [0.5, 0.6) is 5.75 Å². The van der Waals surface area contributed by atoms with E-state index in [1.807, 2.05) is 12.1 Å². The number of esters is 3. The van der Waals surface area contributed by atoms with Gasteiger partial charge in [0, 0.05) is 24.1 Å². The first-order valence-corrected chi connectivity index (χ1v) is 10.7. The molecule has 0 saturated heterocycles. The Balaban J connectivity index is 1.44. The van der Waals surface area contributed by atoms with Crippen LogP contribution >= 0.6 is 0 Å². The molecule has 0 amide bonds. The Labute approximate surface area is 201 Å². The minimum absolute atomic E-state index is 0.0355. The molecule has 2 aromatic carbocycles. The molecule has 0 saturated carbocycles. The van der Waals surface area contributed by atoms with Crippen molar-refractivity contribution in [2.45, 2.75) is 13.3 Å². The summed E-state index contributed by atoms with van der Waals surface area (Å²) in [4.78, 5) is 36.2. The van der Waals surface area contributed by atoms with Gasteiger partial charge in [-0.1, -0.05) is 12.1 Å². The van der Waals surface area contributed by atoms with E-state index in [-0.39, 0.29) is 19.8 Å². The zero-order chi connectivity index (χ0) is 25.0. The van der Waals surface area contributed by atoms with Crippen LogP contribution in [-0.4, -0.2) is 65.0 Å². The van der Waals surface area contributed by atoms with Crippen molar-refractivity contribution in [3.05, 3.63) is 66.2 Å². The molecule has 0 aliphatic carbocycles. The van der Waals surface area contributed by atoms with E-state index in [0.29, 0.717) is 23.4 Å². The lowest BCUT2D eigenvalue weighted by Gasteiger charge is -2.05. The number of ether oxygens (including phenoxy) is 4. The molecular weight excluding hydrogens is 456 g/mol. The third-order valence-corrected chi connectivity index (χ3v) is 4.50. The highest BCUT2D eigenvalue weighted by atomic mass is 16.5. The lowest BCUT2D eigenvalue weighted by atomic mass is 10.1. The van der Waals surface area contributed by atoms with Crippen molar-refractivity contribution >= 4 is 17.9 Å². The third-order valence-electron chi connectivity index (χ3n) is 4.50. The number of benzene rings is 2. The Morgan fingerprint density at radius 1 is 0.886 bits per heavy atom. The second kappa shape index (κ2) is 12.6. The van der Waals surface area contributed by atoms with E-state index in [9.17, 15) is 14.4 Å². The summed E-state index contributed by atoms with van der Waals surface area (Å²) in [5, 5.41) is 12.5. The van der Waals surface area contributed by atoms with Crippen molar-refractivity contribution in [1.82, 2.24) is 20.2 Å². The highest BCUT2D eigenvalue weighted by Crippen LogP contribution is 2.18. The number of nitrogens with zero attached hydrogens (tertiary/aromatic N) is 4. The van der Waals surface area contributed by atoms with Gasteiger partial charge in [-0.15, -0.1) is 15.0 Å². The first-order chi connectivity index (χ1) is 17.0. The molecule has 11 nitrogen and oxygen atoms in total. The van der Waals surface area contributed by atoms with Gasteiger partial charge in [0.1, 0.15) is 5.75 Å². The fourth-order valence-electron chi connectivity index (χ4n) is 2.76. The maximum atomic E-state index is 12.2. The molecule has 182 valence electrons. The minimum atomic E-state index is -0.683. The SMILES string of the molecule is CCOC(=O)/C=C/C(=O)OCCCOC(=O)c1ccc(-c2nnn(-c3ccc(OC)cc3)n2)cc1. The quantitative estimate of drug-likeness (QED) is 0.175. The summed E-state index contributed by atoms with van der Waals surface area (Å²) < 4.78 is 19.9. The monoisotopic (exact) mass is 480 g/mol. The Morgan fingerprint density at radius 2 is 1.54 bits per heavy atom. The molecule has 0 aliphatic heterocycles. The average molecular weight is 480 g/mol. The molecule has 1 heterocycles. The summed E-state index contributed by atoms with van der Waals surface area (Å²) in [5.41, 5.74) is 1.76. The van der Waals surface area contributed by atoms with Crippen molar-refractivity contribution < 1.29 is 33.3 Å². The predicted octanol–water partition coefficient (Wildman–Crippen LogP) is 2.55. The van der Waals surface area contributed by atoms with E-state index < -0.39 is 17.9 Å². The lowest BCUT2D eigenvalue weighted by Crippen LogP contribution is -2.10. The maximum absolute atomic E-state index is 12.2. The molecule has 1 aromatic heterocycles. The highest BCUT2D eigenvalue weighted by molar-refractivity contribution is 5.91. The molecule has 0 bridgehead atoms. The number of hydrogen-bond acceptors (Lipinski definition) is 10. The van der Waals surface area contributed by atoms with Crippen LogP contribution < -0.4 is 4.74 Å². The third kappa shape index (κ3) is 7.49. The van der Waals surface area contributed by atoms with Crippen LogP contribution in [0.15, 0.2) is 60.7 Å².